The van der Waals surface area contributed by atoms with Gasteiger partial charge in [-0.1, -0.05) is 352 Å². The molecule has 11 nitrogen and oxygen atoms in total. The molecule has 0 bridgehead atoms. The Bertz CT molecular complexity index is 7870. The highest BCUT2D eigenvalue weighted by Gasteiger charge is 2.28. The van der Waals surface area contributed by atoms with Crippen LogP contribution in [0.1, 0.15) is 0 Å². The summed E-state index contributed by atoms with van der Waals surface area (Å²) in [5, 5.41) is 9.53. The lowest BCUT2D eigenvalue weighted by Crippen LogP contribution is -2.06. The van der Waals surface area contributed by atoms with E-state index in [9.17, 15) is 0 Å². The van der Waals surface area contributed by atoms with E-state index in [0.717, 1.165) is 128 Å². The van der Waals surface area contributed by atoms with Gasteiger partial charge in [0.1, 0.15) is 11.6 Å². The standard InChI is InChI=1S/C41H27N3.C37H25N3.C35H23N5/c1-3-14-29(15-4-1)36-26-32(31-24-23-28-13-7-8-16-30(28)25-31)27-39(42-36)44-38-22-12-10-20-35(38)40-41(44)34-19-9-11-21-37(34)43(40)33-17-5-2-6-18-33;1-4-14-26(15-5-1)28-24-32(27-16-6-2-7-17-27)38-35(25-28)40-34-23-13-11-21-31(34)36-37(40)30-20-10-12-22-33(30)39(36)29-18-8-3-9-19-29;1-4-14-24(15-5-1)33-36-34(25-16-6-2-7-17-25)38-35(37-33)40-30-23-13-11-21-28(30)31-32(40)27-20-10-12-22-29(27)39(31)26-18-8-3-9-19-26/h1-27H;1-25H;1-23H. The number of para-hydroxylation sites is 9. The van der Waals surface area contributed by atoms with Gasteiger partial charge in [0, 0.05) is 71.6 Å². The van der Waals surface area contributed by atoms with Gasteiger partial charge in [-0.2, -0.15) is 9.97 Å². The van der Waals surface area contributed by atoms with E-state index < -0.39 is 0 Å². The second-order valence-electron chi connectivity index (χ2n) is 31.1. The number of nitrogens with zero attached hydrogens (tertiary/aromatic N) is 11. The molecule has 0 N–H and O–H groups in total. The Morgan fingerprint density at radius 2 is 0.419 bits per heavy atom. The zero-order chi connectivity index (χ0) is 82.0. The predicted octanol–water partition coefficient (Wildman–Crippen LogP) is 28.3. The molecule has 0 fully saturated rings. The van der Waals surface area contributed by atoms with Gasteiger partial charge in [0.25, 0.3) is 0 Å². The molecule has 0 amide bonds. The van der Waals surface area contributed by atoms with Crippen molar-refractivity contribution in [2.24, 2.45) is 0 Å². The smallest absolute Gasteiger partial charge is 0.238 e. The molecule has 0 unspecified atom stereocenters. The fourth-order valence-electron chi connectivity index (χ4n) is 18.3. The van der Waals surface area contributed by atoms with Gasteiger partial charge < -0.3 is 13.7 Å². The molecule has 9 heterocycles. The summed E-state index contributed by atoms with van der Waals surface area (Å²) in [7, 11) is 0. The summed E-state index contributed by atoms with van der Waals surface area (Å²) in [6, 6.07) is 160. The summed E-state index contributed by atoms with van der Waals surface area (Å²) < 4.78 is 14.1. The van der Waals surface area contributed by atoms with Crippen LogP contribution in [0.25, 0.3) is 211 Å². The number of benzene rings is 16. The molecular formula is C113H75N11. The Hall–Kier alpha value is -16.9. The summed E-state index contributed by atoms with van der Waals surface area (Å²) in [6.07, 6.45) is 0. The molecule has 16 aromatic carbocycles. The molecule has 0 aliphatic carbocycles. The number of pyridine rings is 2. The summed E-state index contributed by atoms with van der Waals surface area (Å²) >= 11 is 0. The van der Waals surface area contributed by atoms with E-state index in [0.29, 0.717) is 17.6 Å². The van der Waals surface area contributed by atoms with Gasteiger partial charge in [-0.05, 0) is 136 Å². The van der Waals surface area contributed by atoms with Gasteiger partial charge in [-0.3, -0.25) is 13.7 Å². The maximum Gasteiger partial charge on any atom is 0.238 e. The van der Waals surface area contributed by atoms with Crippen molar-refractivity contribution >= 4 is 109 Å². The van der Waals surface area contributed by atoms with Crippen LogP contribution in [-0.4, -0.2) is 52.3 Å². The molecule has 0 saturated carbocycles. The second-order valence-corrected chi connectivity index (χ2v) is 31.1. The van der Waals surface area contributed by atoms with Gasteiger partial charge in [0.15, 0.2) is 11.6 Å². The lowest BCUT2D eigenvalue weighted by molar-refractivity contribution is 0.955. The molecule has 25 rings (SSSR count). The van der Waals surface area contributed by atoms with Crippen LogP contribution in [0.2, 0.25) is 0 Å². The van der Waals surface area contributed by atoms with Gasteiger partial charge in [-0.25, -0.2) is 15.0 Å². The Balaban J connectivity index is 0.000000108. The van der Waals surface area contributed by atoms with Crippen molar-refractivity contribution < 1.29 is 0 Å². The summed E-state index contributed by atoms with van der Waals surface area (Å²) in [4.78, 5) is 25.8. The summed E-state index contributed by atoms with van der Waals surface area (Å²) in [6.45, 7) is 0. The predicted molar refractivity (Wildman–Crippen MR) is 512 cm³/mol. The highest BCUT2D eigenvalue weighted by molar-refractivity contribution is 6.22. The van der Waals surface area contributed by atoms with E-state index >= 15 is 0 Å². The van der Waals surface area contributed by atoms with Gasteiger partial charge in [-0.15, -0.1) is 0 Å². The first-order chi connectivity index (χ1) is 61.6. The first kappa shape index (κ1) is 72.3. The molecule has 9 aromatic heterocycles. The zero-order valence-corrected chi connectivity index (χ0v) is 67.2. The summed E-state index contributed by atoms with van der Waals surface area (Å²) in [5.74, 6) is 3.68. The first-order valence-electron chi connectivity index (χ1n) is 41.9. The van der Waals surface area contributed by atoms with Crippen molar-refractivity contribution in [1.82, 2.24) is 52.3 Å². The van der Waals surface area contributed by atoms with Crippen LogP contribution in [0.15, 0.2) is 455 Å². The van der Waals surface area contributed by atoms with Crippen LogP contribution in [0, 0.1) is 0 Å². The highest BCUT2D eigenvalue weighted by Crippen LogP contribution is 2.46. The zero-order valence-electron chi connectivity index (χ0n) is 67.2. The van der Waals surface area contributed by atoms with Crippen LogP contribution in [0.3, 0.4) is 0 Å². The van der Waals surface area contributed by atoms with E-state index in [1.165, 1.54) is 65.5 Å². The van der Waals surface area contributed by atoms with Crippen LogP contribution < -0.4 is 0 Å². The minimum Gasteiger partial charge on any atom is -0.307 e. The molecule has 124 heavy (non-hydrogen) atoms. The monoisotopic (exact) mass is 1590 g/mol. The quantitative estimate of drug-likeness (QED) is 0.121. The molecule has 0 saturated heterocycles. The Morgan fingerprint density at radius 3 is 0.782 bits per heavy atom. The minimum absolute atomic E-state index is 0.592. The van der Waals surface area contributed by atoms with Crippen molar-refractivity contribution in [1.29, 1.82) is 0 Å². The maximum absolute atomic E-state index is 5.38. The normalized spacial score (nSPS) is 11.5. The highest BCUT2D eigenvalue weighted by atomic mass is 15.2. The second kappa shape index (κ2) is 30.8. The summed E-state index contributed by atoms with van der Waals surface area (Å²) in [5.41, 5.74) is 27.7. The number of hydrogen-bond acceptors (Lipinski definition) is 5. The van der Waals surface area contributed by atoms with Crippen LogP contribution in [0.4, 0.5) is 0 Å². The largest absolute Gasteiger partial charge is 0.307 e. The fraction of sp³-hybridized carbons (Fsp3) is 0. The number of hydrogen-bond donors (Lipinski definition) is 0. The molecule has 582 valence electrons. The van der Waals surface area contributed by atoms with Crippen molar-refractivity contribution in [3.63, 3.8) is 0 Å². The van der Waals surface area contributed by atoms with Crippen molar-refractivity contribution in [3.8, 4) is 102 Å². The van der Waals surface area contributed by atoms with E-state index in [2.05, 4.69) is 416 Å². The average molecular weight is 1590 g/mol. The van der Waals surface area contributed by atoms with Crippen molar-refractivity contribution in [3.05, 3.63) is 455 Å². The van der Waals surface area contributed by atoms with E-state index in [1.54, 1.807) is 0 Å². The molecule has 0 aliphatic heterocycles. The van der Waals surface area contributed by atoms with Gasteiger partial charge in [0.05, 0.1) is 77.6 Å². The van der Waals surface area contributed by atoms with E-state index in [1.807, 2.05) is 66.7 Å². The minimum atomic E-state index is 0.592. The third-order valence-electron chi connectivity index (χ3n) is 23.8. The molecule has 0 atom stereocenters. The molecule has 25 aromatic rings. The first-order valence-corrected chi connectivity index (χ1v) is 41.9. The molecule has 0 spiro atoms. The lowest BCUT2D eigenvalue weighted by Gasteiger charge is -2.13. The topological polar surface area (TPSA) is 94.0 Å². The molecular weight excluding hydrogens is 1510 g/mol. The van der Waals surface area contributed by atoms with Crippen LogP contribution in [-0.2, 0) is 0 Å². The van der Waals surface area contributed by atoms with Crippen LogP contribution in [0.5, 0.6) is 0 Å². The number of rotatable bonds is 12. The number of fused-ring (bicyclic) bond motifs is 16. The van der Waals surface area contributed by atoms with E-state index in [-0.39, 0.29) is 0 Å². The maximum atomic E-state index is 5.38. The Morgan fingerprint density at radius 1 is 0.153 bits per heavy atom. The molecule has 11 heteroatoms. The van der Waals surface area contributed by atoms with Crippen molar-refractivity contribution in [2.45, 2.75) is 0 Å². The fourth-order valence-corrected chi connectivity index (χ4v) is 18.3. The third kappa shape index (κ3) is 12.6. The lowest BCUT2D eigenvalue weighted by atomic mass is 10.00. The van der Waals surface area contributed by atoms with Gasteiger partial charge >= 0.3 is 0 Å². The van der Waals surface area contributed by atoms with Gasteiger partial charge in [0.2, 0.25) is 5.95 Å². The molecule has 0 aliphatic rings. The third-order valence-corrected chi connectivity index (χ3v) is 23.8. The van der Waals surface area contributed by atoms with Crippen LogP contribution >= 0.6 is 0 Å². The average Bonchev–Trinajstić information content (AvgIpc) is 1.55. The Labute approximate surface area is 714 Å². The van der Waals surface area contributed by atoms with E-state index in [4.69, 9.17) is 24.9 Å². The Kier molecular flexibility index (Phi) is 18.0. The number of aromatic nitrogens is 11. The molecule has 0 radical (unpaired) electrons. The SMILES string of the molecule is c1ccc(-c2cc(-c3ccc4ccccc4c3)cc(-n3c4ccccc4c4c3c3ccccc3n4-c3ccccc3)n2)cc1.c1ccc(-c2cc(-c3ccccc3)nc(-n3c4ccccc4c4c3c3ccccc3n4-c3ccccc3)c2)cc1.c1ccc(-c2nc(-c3ccccc3)nc(-n3c4ccccc4c4c3c3ccccc3n4-c3ccccc3)n2)cc1. The van der Waals surface area contributed by atoms with Crippen molar-refractivity contribution in [2.75, 3.05) is 0 Å².